The molecule has 0 unspecified atom stereocenters. The smallest absolute Gasteiger partial charge is 0.275 e. The molecule has 34 heavy (non-hydrogen) atoms. The Morgan fingerprint density at radius 2 is 2.09 bits per heavy atom. The normalized spacial score (nSPS) is 12.7. The lowest BCUT2D eigenvalue weighted by Crippen LogP contribution is -2.15. The quantitative estimate of drug-likeness (QED) is 0.445. The van der Waals surface area contributed by atoms with Crippen LogP contribution in [-0.4, -0.2) is 42.2 Å². The number of hydrogen-bond acceptors (Lipinski definition) is 8. The largest absolute Gasteiger partial charge is 0.439 e. The topological polar surface area (TPSA) is 120 Å². The minimum atomic E-state index is -0.402. The molecule has 0 saturated heterocycles. The van der Waals surface area contributed by atoms with Gasteiger partial charge in [-0.15, -0.1) is 10.2 Å². The molecule has 1 amide bonds. The second-order valence-electron chi connectivity index (χ2n) is 8.18. The van der Waals surface area contributed by atoms with Crippen molar-refractivity contribution in [2.75, 3.05) is 17.2 Å². The minimum absolute atomic E-state index is 0.178. The van der Waals surface area contributed by atoms with Crippen LogP contribution in [0.3, 0.4) is 0 Å². The summed E-state index contributed by atoms with van der Waals surface area (Å²) in [5.41, 5.74) is 1.99. The van der Waals surface area contributed by atoms with E-state index in [9.17, 15) is 4.79 Å². The first-order valence-electron chi connectivity index (χ1n) is 11.1. The van der Waals surface area contributed by atoms with Crippen LogP contribution in [0, 0.1) is 0 Å². The molecule has 1 aliphatic rings. The van der Waals surface area contributed by atoms with E-state index in [1.165, 1.54) is 11.8 Å². The van der Waals surface area contributed by atoms with Crippen LogP contribution in [0.4, 0.5) is 11.6 Å². The maximum absolute atomic E-state index is 12.9. The van der Waals surface area contributed by atoms with Crippen LogP contribution in [0.1, 0.15) is 42.4 Å². The van der Waals surface area contributed by atoms with Crippen molar-refractivity contribution in [3.05, 3.63) is 66.2 Å². The first-order valence-corrected chi connectivity index (χ1v) is 11.1. The van der Waals surface area contributed by atoms with Gasteiger partial charge in [-0.05, 0) is 56.5 Å². The van der Waals surface area contributed by atoms with Gasteiger partial charge in [-0.1, -0.05) is 6.07 Å². The molecule has 0 radical (unpaired) electrons. The number of hydrogen-bond donors (Lipinski definition) is 2. The molecule has 10 nitrogen and oxygen atoms in total. The van der Waals surface area contributed by atoms with Crippen LogP contribution < -0.4 is 15.4 Å². The molecule has 5 heterocycles. The van der Waals surface area contributed by atoms with Gasteiger partial charge in [0.25, 0.3) is 5.91 Å². The molecule has 2 N–H and O–H groups in total. The van der Waals surface area contributed by atoms with Gasteiger partial charge in [0.1, 0.15) is 35.1 Å². The van der Waals surface area contributed by atoms with Crippen molar-refractivity contribution in [3.63, 3.8) is 0 Å². The molecule has 0 bridgehead atoms. The minimum Gasteiger partial charge on any atom is -0.439 e. The van der Waals surface area contributed by atoms with Crippen molar-refractivity contribution in [3.8, 4) is 23.1 Å². The number of nitrogens with one attached hydrogen (secondary N) is 2. The van der Waals surface area contributed by atoms with E-state index in [4.69, 9.17) is 4.74 Å². The molecule has 0 aliphatic carbocycles. The molecule has 0 atom stereocenters. The first-order chi connectivity index (χ1) is 16.6. The number of carbonyl (C=O) groups excluding carboxylic acids is 1. The summed E-state index contributed by atoms with van der Waals surface area (Å²) in [6.45, 7) is 4.97. The third-order valence-corrected chi connectivity index (χ3v) is 5.40. The number of aryl methyl sites for hydroxylation is 1. The summed E-state index contributed by atoms with van der Waals surface area (Å²) in [5.74, 6) is 2.38. The average molecular weight is 457 g/mol. The molecule has 0 aromatic carbocycles. The van der Waals surface area contributed by atoms with E-state index >= 15 is 0 Å². The highest BCUT2D eigenvalue weighted by molar-refractivity contribution is 6.02. The van der Waals surface area contributed by atoms with Crippen molar-refractivity contribution >= 4 is 17.5 Å². The molecule has 5 rings (SSSR count). The zero-order chi connectivity index (χ0) is 23.5. The fourth-order valence-electron chi connectivity index (χ4n) is 3.70. The van der Waals surface area contributed by atoms with E-state index in [0.717, 1.165) is 25.2 Å². The third-order valence-electron chi connectivity index (χ3n) is 5.40. The monoisotopic (exact) mass is 456 g/mol. The molecule has 4 aromatic heterocycles. The van der Waals surface area contributed by atoms with Crippen LogP contribution in [0.15, 0.2) is 55.0 Å². The van der Waals surface area contributed by atoms with E-state index in [1.54, 1.807) is 30.6 Å². The number of amides is 1. The maximum Gasteiger partial charge on any atom is 0.275 e. The van der Waals surface area contributed by atoms with E-state index in [0.29, 0.717) is 29.0 Å². The lowest BCUT2D eigenvalue weighted by molar-refractivity contribution is 0.102. The van der Waals surface area contributed by atoms with Crippen molar-refractivity contribution in [1.29, 1.82) is 0 Å². The van der Waals surface area contributed by atoms with E-state index in [1.807, 2.05) is 36.6 Å². The number of nitrogens with zero attached hydrogens (tertiary/aromatic N) is 6. The van der Waals surface area contributed by atoms with Crippen molar-refractivity contribution in [1.82, 2.24) is 29.7 Å². The van der Waals surface area contributed by atoms with Crippen molar-refractivity contribution in [2.24, 2.45) is 0 Å². The predicted octanol–water partition coefficient (Wildman–Crippen LogP) is 4.11. The zero-order valence-corrected chi connectivity index (χ0v) is 18.9. The van der Waals surface area contributed by atoms with Crippen LogP contribution in [0.25, 0.3) is 11.5 Å². The van der Waals surface area contributed by atoms with Crippen LogP contribution in [0.2, 0.25) is 0 Å². The van der Waals surface area contributed by atoms with Gasteiger partial charge in [0.15, 0.2) is 5.82 Å². The van der Waals surface area contributed by atoms with Crippen molar-refractivity contribution < 1.29 is 9.53 Å². The highest BCUT2D eigenvalue weighted by atomic mass is 16.5. The Kier molecular flexibility index (Phi) is 5.86. The number of rotatable bonds is 6. The first kappa shape index (κ1) is 21.5. The second kappa shape index (κ2) is 9.26. The fourth-order valence-corrected chi connectivity index (χ4v) is 3.70. The predicted molar refractivity (Wildman–Crippen MR) is 127 cm³/mol. The number of ether oxygens (including phenoxy) is 1. The molecular formula is C24H24N8O2. The summed E-state index contributed by atoms with van der Waals surface area (Å²) in [6.07, 6.45) is 5.28. The van der Waals surface area contributed by atoms with Gasteiger partial charge in [0, 0.05) is 30.9 Å². The lowest BCUT2D eigenvalue weighted by Gasteiger charge is -2.17. The van der Waals surface area contributed by atoms with Gasteiger partial charge in [0.2, 0.25) is 5.88 Å². The Morgan fingerprint density at radius 1 is 1.18 bits per heavy atom. The van der Waals surface area contributed by atoms with Gasteiger partial charge < -0.3 is 19.9 Å². The van der Waals surface area contributed by atoms with E-state index in [-0.39, 0.29) is 11.7 Å². The summed E-state index contributed by atoms with van der Waals surface area (Å²) in [5, 5.41) is 14.2. The Balaban J connectivity index is 1.31. The van der Waals surface area contributed by atoms with Crippen LogP contribution in [-0.2, 0) is 6.42 Å². The van der Waals surface area contributed by atoms with Crippen LogP contribution in [0.5, 0.6) is 11.6 Å². The Morgan fingerprint density at radius 3 is 2.97 bits per heavy atom. The Bertz CT molecular complexity index is 1330. The zero-order valence-electron chi connectivity index (χ0n) is 18.9. The van der Waals surface area contributed by atoms with Gasteiger partial charge >= 0.3 is 0 Å². The molecule has 10 heteroatoms. The highest BCUT2D eigenvalue weighted by Gasteiger charge is 2.15. The van der Waals surface area contributed by atoms with Crippen LogP contribution >= 0.6 is 0 Å². The van der Waals surface area contributed by atoms with Gasteiger partial charge in [0.05, 0.1) is 0 Å². The standard InChI is InChI=1S/C24H24N8O2/c1-15(2)32-14-27-31-23(32)18-6-3-7-20(28-18)29-24(33)19-13-17(10-12-25-19)34-21-9-8-16-5-4-11-26-22(16)30-21/h3,6-10,12-15H,4-5,11H2,1-2H3,(H,26,30)(H,28,29,33). The Labute approximate surface area is 196 Å². The lowest BCUT2D eigenvalue weighted by atomic mass is 10.1. The SMILES string of the molecule is CC(C)n1cnnc1-c1cccc(NC(=O)c2cc(Oc3ccc4c(n3)NCCC4)ccn2)n1. The van der Waals surface area contributed by atoms with E-state index in [2.05, 4.69) is 35.8 Å². The van der Waals surface area contributed by atoms with E-state index < -0.39 is 5.91 Å². The number of pyridine rings is 3. The highest BCUT2D eigenvalue weighted by Crippen LogP contribution is 2.26. The summed E-state index contributed by atoms with van der Waals surface area (Å²) in [6, 6.07) is 12.6. The second-order valence-corrected chi connectivity index (χ2v) is 8.18. The molecule has 172 valence electrons. The maximum atomic E-state index is 12.9. The van der Waals surface area contributed by atoms with Gasteiger partial charge in [-0.25, -0.2) is 4.98 Å². The molecule has 0 fully saturated rings. The number of anilines is 2. The third kappa shape index (κ3) is 4.56. The summed E-state index contributed by atoms with van der Waals surface area (Å²) >= 11 is 0. The number of fused-ring (bicyclic) bond motifs is 1. The van der Waals surface area contributed by atoms with Crippen molar-refractivity contribution in [2.45, 2.75) is 32.7 Å². The summed E-state index contributed by atoms with van der Waals surface area (Å²) in [7, 11) is 0. The summed E-state index contributed by atoms with van der Waals surface area (Å²) in [4.78, 5) is 26.1. The molecule has 4 aromatic rings. The Hall–Kier alpha value is -4.34. The van der Waals surface area contributed by atoms with Gasteiger partial charge in [-0.2, -0.15) is 4.98 Å². The fraction of sp³-hybridized carbons (Fsp3) is 0.250. The van der Waals surface area contributed by atoms with Gasteiger partial charge in [-0.3, -0.25) is 9.78 Å². The molecular weight excluding hydrogens is 432 g/mol. The molecule has 0 spiro atoms. The number of aromatic nitrogens is 6. The average Bonchev–Trinajstić information content (AvgIpc) is 3.35. The molecule has 1 aliphatic heterocycles. The summed E-state index contributed by atoms with van der Waals surface area (Å²) < 4.78 is 7.80. The molecule has 0 saturated carbocycles. The number of carbonyl (C=O) groups is 1.